The van der Waals surface area contributed by atoms with Crippen LogP contribution in [0.2, 0.25) is 0 Å². The first-order valence-electron chi connectivity index (χ1n) is 10.0. The molecule has 3 aromatic rings. The van der Waals surface area contributed by atoms with Crippen LogP contribution in [0.3, 0.4) is 0 Å². The lowest BCUT2D eigenvalue weighted by atomic mass is 9.97. The van der Waals surface area contributed by atoms with E-state index < -0.39 is 32.5 Å². The maximum absolute atomic E-state index is 14.0. The number of ether oxygens (including phenoxy) is 2. The van der Waals surface area contributed by atoms with E-state index in [1.165, 1.54) is 25.6 Å². The van der Waals surface area contributed by atoms with Crippen LogP contribution in [0.5, 0.6) is 11.5 Å². The van der Waals surface area contributed by atoms with Gasteiger partial charge in [-0.1, -0.05) is 11.3 Å². The molecule has 4 rings (SSSR count). The third kappa shape index (κ3) is 4.63. The molecule has 0 atom stereocenters. The first kappa shape index (κ1) is 23.3. The lowest BCUT2D eigenvalue weighted by Crippen LogP contribution is -2.41. The predicted molar refractivity (Wildman–Crippen MR) is 119 cm³/mol. The molecule has 1 aliphatic heterocycles. The van der Waals surface area contributed by atoms with Crippen molar-refractivity contribution in [1.82, 2.24) is 9.29 Å². The van der Waals surface area contributed by atoms with Gasteiger partial charge in [0.25, 0.3) is 0 Å². The lowest BCUT2D eigenvalue weighted by molar-refractivity contribution is -0.120. The Kier molecular flexibility index (Phi) is 6.50. The van der Waals surface area contributed by atoms with Crippen molar-refractivity contribution < 1.29 is 31.5 Å². The van der Waals surface area contributed by atoms with Gasteiger partial charge in [-0.3, -0.25) is 4.79 Å². The summed E-state index contributed by atoms with van der Waals surface area (Å²) in [6, 6.07) is 5.85. The molecule has 1 fully saturated rings. The number of halogens is 2. The Bertz CT molecular complexity index is 1260. The summed E-state index contributed by atoms with van der Waals surface area (Å²) in [5.74, 6) is -1.60. The van der Waals surface area contributed by atoms with Crippen LogP contribution in [0, 0.1) is 17.6 Å². The Morgan fingerprint density at radius 3 is 2.42 bits per heavy atom. The number of methoxy groups -OCH3 is 2. The van der Waals surface area contributed by atoms with Gasteiger partial charge in [0.15, 0.2) is 16.6 Å². The zero-order chi connectivity index (χ0) is 23.8. The van der Waals surface area contributed by atoms with Crippen molar-refractivity contribution in [2.75, 3.05) is 32.6 Å². The van der Waals surface area contributed by atoms with E-state index in [-0.39, 0.29) is 31.8 Å². The Morgan fingerprint density at radius 1 is 1.12 bits per heavy atom. The first-order chi connectivity index (χ1) is 15.7. The quantitative estimate of drug-likeness (QED) is 0.559. The molecule has 1 N–H and O–H groups in total. The van der Waals surface area contributed by atoms with Crippen LogP contribution in [-0.2, 0) is 14.8 Å². The van der Waals surface area contributed by atoms with Crippen LogP contribution in [0.1, 0.15) is 12.8 Å². The van der Waals surface area contributed by atoms with E-state index in [0.717, 1.165) is 21.1 Å². The number of amides is 1. The molecule has 0 aliphatic carbocycles. The number of benzene rings is 2. The monoisotopic (exact) mass is 497 g/mol. The number of hydrogen-bond acceptors (Lipinski definition) is 7. The van der Waals surface area contributed by atoms with Gasteiger partial charge in [-0.05, 0) is 25.0 Å². The van der Waals surface area contributed by atoms with Crippen molar-refractivity contribution in [3.05, 3.63) is 42.0 Å². The van der Waals surface area contributed by atoms with Gasteiger partial charge in [0.1, 0.15) is 16.5 Å². The molecule has 1 aromatic heterocycles. The SMILES string of the molecule is COc1cc2nc(NC(=O)C3CCN(S(=O)(=O)c4ccc(F)cc4F)CC3)sc2cc1OC. The van der Waals surface area contributed by atoms with Crippen LogP contribution in [-0.4, -0.2) is 50.9 Å². The predicted octanol–water partition coefficient (Wildman–Crippen LogP) is 3.63. The summed E-state index contributed by atoms with van der Waals surface area (Å²) in [6.45, 7) is 0.0942. The van der Waals surface area contributed by atoms with Gasteiger partial charge >= 0.3 is 0 Å². The minimum atomic E-state index is -4.12. The van der Waals surface area contributed by atoms with Gasteiger partial charge in [-0.2, -0.15) is 4.31 Å². The molecule has 8 nitrogen and oxygen atoms in total. The molecule has 1 aliphatic rings. The molecule has 0 radical (unpaired) electrons. The smallest absolute Gasteiger partial charge is 0.245 e. The average Bonchev–Trinajstić information content (AvgIpc) is 3.18. The molecular weight excluding hydrogens is 476 g/mol. The van der Waals surface area contributed by atoms with Crippen molar-refractivity contribution in [1.29, 1.82) is 0 Å². The summed E-state index contributed by atoms with van der Waals surface area (Å²) in [5.41, 5.74) is 0.648. The molecule has 0 saturated carbocycles. The summed E-state index contributed by atoms with van der Waals surface area (Å²) < 4.78 is 65.1. The third-order valence-corrected chi connectivity index (χ3v) is 8.33. The molecule has 0 unspecified atom stereocenters. The van der Waals surface area contributed by atoms with Crippen molar-refractivity contribution in [3.8, 4) is 11.5 Å². The van der Waals surface area contributed by atoms with E-state index in [2.05, 4.69) is 10.3 Å². The fraction of sp³-hybridized carbons (Fsp3) is 0.333. The summed E-state index contributed by atoms with van der Waals surface area (Å²) in [4.78, 5) is 16.6. The standard InChI is InChI=1S/C21H21F2N3O5S2/c1-30-16-10-15-18(11-17(16)31-2)32-21(24-15)25-20(27)12-5-7-26(8-6-12)33(28,29)19-4-3-13(22)9-14(19)23/h3-4,9-12H,5-8H2,1-2H3,(H,24,25,27). The topological polar surface area (TPSA) is 97.8 Å². The van der Waals surface area contributed by atoms with Crippen LogP contribution in [0.15, 0.2) is 35.2 Å². The highest BCUT2D eigenvalue weighted by Gasteiger charge is 2.34. The highest BCUT2D eigenvalue weighted by molar-refractivity contribution is 7.89. The number of aromatic nitrogens is 1. The summed E-state index contributed by atoms with van der Waals surface area (Å²) >= 11 is 1.29. The summed E-state index contributed by atoms with van der Waals surface area (Å²) in [7, 11) is -1.07. The van der Waals surface area contributed by atoms with Crippen LogP contribution in [0.4, 0.5) is 13.9 Å². The molecule has 1 saturated heterocycles. The van der Waals surface area contributed by atoms with Gasteiger partial charge in [0.2, 0.25) is 15.9 Å². The van der Waals surface area contributed by atoms with Gasteiger partial charge in [-0.15, -0.1) is 0 Å². The molecule has 176 valence electrons. The van der Waals surface area contributed by atoms with Crippen LogP contribution < -0.4 is 14.8 Å². The highest BCUT2D eigenvalue weighted by Crippen LogP contribution is 2.36. The van der Waals surface area contributed by atoms with Gasteiger partial charge < -0.3 is 14.8 Å². The van der Waals surface area contributed by atoms with E-state index in [0.29, 0.717) is 28.2 Å². The number of carbonyl (C=O) groups excluding carboxylic acids is 1. The highest BCUT2D eigenvalue weighted by atomic mass is 32.2. The Morgan fingerprint density at radius 2 is 1.79 bits per heavy atom. The van der Waals surface area contributed by atoms with E-state index in [9.17, 15) is 22.0 Å². The number of nitrogens with zero attached hydrogens (tertiary/aromatic N) is 2. The van der Waals surface area contributed by atoms with E-state index in [4.69, 9.17) is 9.47 Å². The normalized spacial score (nSPS) is 15.5. The summed E-state index contributed by atoms with van der Waals surface area (Å²) in [6.07, 6.45) is 0.529. The van der Waals surface area contributed by atoms with Crippen LogP contribution >= 0.6 is 11.3 Å². The van der Waals surface area contributed by atoms with E-state index in [1.807, 2.05) is 0 Å². The zero-order valence-corrected chi connectivity index (χ0v) is 19.4. The molecule has 2 aromatic carbocycles. The second kappa shape index (κ2) is 9.20. The number of sulfonamides is 1. The van der Waals surface area contributed by atoms with Gasteiger partial charge in [0.05, 0.1) is 24.4 Å². The van der Waals surface area contributed by atoms with Crippen LogP contribution in [0.25, 0.3) is 10.2 Å². The average molecular weight is 498 g/mol. The third-order valence-electron chi connectivity index (χ3n) is 5.46. The zero-order valence-electron chi connectivity index (χ0n) is 17.8. The first-order valence-corrected chi connectivity index (χ1v) is 12.3. The number of thiazole rings is 1. The maximum atomic E-state index is 14.0. The largest absolute Gasteiger partial charge is 0.493 e. The molecule has 12 heteroatoms. The molecule has 0 spiro atoms. The number of nitrogens with one attached hydrogen (secondary N) is 1. The molecule has 0 bridgehead atoms. The Hall–Kier alpha value is -2.83. The van der Waals surface area contributed by atoms with E-state index in [1.54, 1.807) is 12.1 Å². The maximum Gasteiger partial charge on any atom is 0.245 e. The van der Waals surface area contributed by atoms with Crippen molar-refractivity contribution in [2.45, 2.75) is 17.7 Å². The Labute approximate surface area is 193 Å². The lowest BCUT2D eigenvalue weighted by Gasteiger charge is -2.30. The van der Waals surface area contributed by atoms with E-state index >= 15 is 0 Å². The van der Waals surface area contributed by atoms with Crippen molar-refractivity contribution in [2.24, 2.45) is 5.92 Å². The second-order valence-electron chi connectivity index (χ2n) is 7.44. The number of anilines is 1. The Balaban J connectivity index is 1.42. The fourth-order valence-corrected chi connectivity index (χ4v) is 6.09. The summed E-state index contributed by atoms with van der Waals surface area (Å²) in [5, 5.41) is 3.20. The molecule has 33 heavy (non-hydrogen) atoms. The molecule has 2 heterocycles. The fourth-order valence-electron chi connectivity index (χ4n) is 3.70. The number of hydrogen-bond donors (Lipinski definition) is 1. The molecular formula is C21H21F2N3O5S2. The second-order valence-corrected chi connectivity index (χ2v) is 10.4. The van der Waals surface area contributed by atoms with Crippen molar-refractivity contribution >= 4 is 42.6 Å². The number of carbonyl (C=O) groups is 1. The van der Waals surface area contributed by atoms with Gasteiger partial charge in [-0.25, -0.2) is 22.2 Å². The molecule has 1 amide bonds. The minimum Gasteiger partial charge on any atom is -0.493 e. The van der Waals surface area contributed by atoms with Gasteiger partial charge in [0, 0.05) is 37.2 Å². The number of piperidine rings is 1. The number of fused-ring (bicyclic) bond motifs is 1. The van der Waals surface area contributed by atoms with Crippen molar-refractivity contribution in [3.63, 3.8) is 0 Å². The minimum absolute atomic E-state index is 0.0471. The number of rotatable bonds is 6.